The normalized spacial score (nSPS) is 32.4. The number of nitrogens with zero attached hydrogens (tertiary/aromatic N) is 4. The van der Waals surface area contributed by atoms with E-state index in [2.05, 4.69) is 15.6 Å². The average molecular weight is 474 g/mol. The van der Waals surface area contributed by atoms with Crippen LogP contribution in [0.25, 0.3) is 11.0 Å². The van der Waals surface area contributed by atoms with E-state index >= 15 is 0 Å². The number of aliphatic hydroxyl groups excluding tert-OH is 1. The number of rotatable bonds is 7. The van der Waals surface area contributed by atoms with Gasteiger partial charge in [-0.25, -0.2) is 4.68 Å². The summed E-state index contributed by atoms with van der Waals surface area (Å²) in [5.74, 6) is -2.10. The summed E-state index contributed by atoms with van der Waals surface area (Å²) < 4.78 is 6.17. The zero-order chi connectivity index (χ0) is 23.3. The second-order valence-electron chi connectivity index (χ2n) is 8.84. The van der Waals surface area contributed by atoms with Crippen molar-refractivity contribution in [3.05, 3.63) is 24.3 Å². The Morgan fingerprint density at radius 3 is 2.91 bits per heavy atom. The molecule has 3 aliphatic rings. The van der Waals surface area contributed by atoms with Gasteiger partial charge in [-0.05, 0) is 31.4 Å². The van der Waals surface area contributed by atoms with Gasteiger partial charge in [0.05, 0.1) is 35.3 Å². The molecule has 0 aliphatic carbocycles. The Hall–Kier alpha value is -2.66. The van der Waals surface area contributed by atoms with Crippen LogP contribution in [-0.4, -0.2) is 78.6 Å². The Bertz CT molecular complexity index is 1110. The highest BCUT2D eigenvalue weighted by Crippen LogP contribution is 2.68. The summed E-state index contributed by atoms with van der Waals surface area (Å²) >= 11 is 1.58. The van der Waals surface area contributed by atoms with E-state index in [9.17, 15) is 19.5 Å². The number of benzene rings is 1. The van der Waals surface area contributed by atoms with Crippen molar-refractivity contribution in [1.82, 2.24) is 25.2 Å². The summed E-state index contributed by atoms with van der Waals surface area (Å²) in [6, 6.07) is 6.66. The molecule has 3 saturated heterocycles. The molecular weight excluding hydrogens is 446 g/mol. The SMILES string of the molecule is CCOC(=O)[C@@H]1[C@@H]2CC(C)C3(S2)C(C(=O)NCn2nnc4ccccc42)N(CCO)C(=O)[C@H]13. The van der Waals surface area contributed by atoms with Crippen molar-refractivity contribution in [2.24, 2.45) is 17.8 Å². The minimum absolute atomic E-state index is 0.0366. The molecule has 2 amide bonds. The van der Waals surface area contributed by atoms with Gasteiger partial charge >= 0.3 is 5.97 Å². The lowest BCUT2D eigenvalue weighted by atomic mass is 9.66. The number of likely N-dealkylation sites (tertiary alicyclic amines) is 1. The van der Waals surface area contributed by atoms with Crippen molar-refractivity contribution >= 4 is 40.6 Å². The van der Waals surface area contributed by atoms with Gasteiger partial charge in [-0.1, -0.05) is 24.3 Å². The van der Waals surface area contributed by atoms with Crippen molar-refractivity contribution < 1.29 is 24.2 Å². The number of thioether (sulfide) groups is 1. The summed E-state index contributed by atoms with van der Waals surface area (Å²) in [6.45, 7) is 3.90. The number of amides is 2. The zero-order valence-electron chi connectivity index (χ0n) is 18.5. The van der Waals surface area contributed by atoms with Gasteiger partial charge in [-0.3, -0.25) is 14.4 Å². The molecule has 4 heterocycles. The lowest BCUT2D eigenvalue weighted by molar-refractivity contribution is -0.154. The molecule has 1 aromatic carbocycles. The van der Waals surface area contributed by atoms with E-state index in [1.165, 1.54) is 4.90 Å². The van der Waals surface area contributed by atoms with Crippen molar-refractivity contribution in [1.29, 1.82) is 0 Å². The van der Waals surface area contributed by atoms with Gasteiger partial charge < -0.3 is 20.1 Å². The van der Waals surface area contributed by atoms with Crippen LogP contribution in [0.15, 0.2) is 24.3 Å². The number of aliphatic hydroxyl groups is 1. The van der Waals surface area contributed by atoms with Gasteiger partial charge in [0, 0.05) is 11.8 Å². The minimum Gasteiger partial charge on any atom is -0.466 e. The number of ether oxygens (including phenoxy) is 1. The molecule has 3 fully saturated rings. The van der Waals surface area contributed by atoms with Gasteiger partial charge in [-0.15, -0.1) is 16.9 Å². The predicted molar refractivity (Wildman–Crippen MR) is 120 cm³/mol. The molecule has 176 valence electrons. The molecule has 2 N–H and O–H groups in total. The first-order valence-corrected chi connectivity index (χ1v) is 12.1. The largest absolute Gasteiger partial charge is 0.466 e. The summed E-state index contributed by atoms with van der Waals surface area (Å²) in [5.41, 5.74) is 1.51. The van der Waals surface area contributed by atoms with Crippen molar-refractivity contribution in [2.45, 2.75) is 43.0 Å². The Labute approximate surface area is 195 Å². The van der Waals surface area contributed by atoms with Gasteiger partial charge in [0.15, 0.2) is 0 Å². The summed E-state index contributed by atoms with van der Waals surface area (Å²) in [7, 11) is 0. The van der Waals surface area contributed by atoms with Crippen LogP contribution in [0.2, 0.25) is 0 Å². The number of fused-ring (bicyclic) bond motifs is 2. The average Bonchev–Trinajstić information content (AvgIpc) is 3.51. The predicted octanol–water partition coefficient (Wildman–Crippen LogP) is 0.398. The van der Waals surface area contributed by atoms with E-state index in [4.69, 9.17) is 4.74 Å². The Balaban J connectivity index is 1.45. The van der Waals surface area contributed by atoms with E-state index in [0.717, 1.165) is 17.5 Å². The molecule has 0 saturated carbocycles. The molecule has 0 radical (unpaired) electrons. The number of nitrogens with one attached hydrogen (secondary N) is 1. The number of β-amino-alcohol motifs (C(OH)–C–C–N with tert-alkyl or cyclic N) is 1. The molecule has 6 atom stereocenters. The smallest absolute Gasteiger partial charge is 0.310 e. The number of para-hydroxylation sites is 1. The molecule has 2 bridgehead atoms. The first-order valence-electron chi connectivity index (χ1n) is 11.3. The fourth-order valence-electron chi connectivity index (χ4n) is 5.96. The zero-order valence-corrected chi connectivity index (χ0v) is 19.3. The second kappa shape index (κ2) is 8.28. The maximum atomic E-state index is 13.6. The van der Waals surface area contributed by atoms with E-state index in [0.29, 0.717) is 0 Å². The highest BCUT2D eigenvalue weighted by Gasteiger charge is 2.76. The topological polar surface area (TPSA) is 127 Å². The molecule has 11 heteroatoms. The summed E-state index contributed by atoms with van der Waals surface area (Å²) in [5, 5.41) is 20.7. The Morgan fingerprint density at radius 1 is 1.36 bits per heavy atom. The third-order valence-corrected chi connectivity index (χ3v) is 9.29. The number of carbonyl (C=O) groups is 3. The molecule has 5 rings (SSSR count). The number of carbonyl (C=O) groups excluding carboxylic acids is 3. The maximum absolute atomic E-state index is 13.6. The first-order chi connectivity index (χ1) is 15.9. The monoisotopic (exact) mass is 473 g/mol. The molecule has 3 unspecified atom stereocenters. The van der Waals surface area contributed by atoms with Crippen molar-refractivity contribution in [3.8, 4) is 0 Å². The standard InChI is InChI=1S/C22H27N5O5S/c1-3-32-21(31)16-15-10-12(2)22(33-15)17(16)20(30)26(8-9-28)18(22)19(29)23-11-27-14-7-5-4-6-13(14)24-25-27/h4-7,12,15-18,28H,3,8-11H2,1-2H3,(H,23,29)/t12?,15-,16+,17-,18?,22?/m0/s1. The maximum Gasteiger partial charge on any atom is 0.310 e. The molecule has 3 aliphatic heterocycles. The lowest BCUT2D eigenvalue weighted by Gasteiger charge is -2.38. The van der Waals surface area contributed by atoms with Crippen LogP contribution in [-0.2, 0) is 25.8 Å². The van der Waals surface area contributed by atoms with Crippen LogP contribution in [0, 0.1) is 17.8 Å². The quantitative estimate of drug-likeness (QED) is 0.554. The van der Waals surface area contributed by atoms with Crippen LogP contribution < -0.4 is 5.32 Å². The fraction of sp³-hybridized carbons (Fsp3) is 0.591. The van der Waals surface area contributed by atoms with E-state index in [1.807, 2.05) is 31.2 Å². The number of hydrogen-bond donors (Lipinski definition) is 2. The third kappa shape index (κ3) is 3.16. The van der Waals surface area contributed by atoms with Gasteiger partial charge in [0.1, 0.15) is 18.2 Å². The lowest BCUT2D eigenvalue weighted by Crippen LogP contribution is -2.56. The molecular formula is C22H27N5O5S. The highest BCUT2D eigenvalue weighted by molar-refractivity contribution is 8.02. The van der Waals surface area contributed by atoms with Crippen LogP contribution in [0.3, 0.4) is 0 Å². The molecule has 1 spiro atoms. The molecule has 10 nitrogen and oxygen atoms in total. The van der Waals surface area contributed by atoms with E-state index < -0.39 is 22.6 Å². The highest BCUT2D eigenvalue weighted by atomic mass is 32.2. The van der Waals surface area contributed by atoms with Crippen LogP contribution in [0.4, 0.5) is 0 Å². The minimum atomic E-state index is -0.790. The second-order valence-corrected chi connectivity index (χ2v) is 10.4. The van der Waals surface area contributed by atoms with Crippen LogP contribution >= 0.6 is 11.8 Å². The fourth-order valence-corrected chi connectivity index (χ4v) is 8.37. The number of hydrogen-bond acceptors (Lipinski definition) is 8. The summed E-state index contributed by atoms with van der Waals surface area (Å²) in [4.78, 5) is 41.4. The Kier molecular flexibility index (Phi) is 5.56. The third-order valence-electron chi connectivity index (χ3n) is 7.22. The Morgan fingerprint density at radius 2 is 2.15 bits per heavy atom. The van der Waals surface area contributed by atoms with E-state index in [1.54, 1.807) is 23.4 Å². The number of aromatic nitrogens is 3. The molecule has 2 aromatic rings. The van der Waals surface area contributed by atoms with Gasteiger partial charge in [0.25, 0.3) is 0 Å². The van der Waals surface area contributed by atoms with Crippen LogP contribution in [0.1, 0.15) is 20.3 Å². The molecule has 1 aromatic heterocycles. The van der Waals surface area contributed by atoms with Crippen molar-refractivity contribution in [3.63, 3.8) is 0 Å². The van der Waals surface area contributed by atoms with E-state index in [-0.39, 0.29) is 55.4 Å². The molecule has 33 heavy (non-hydrogen) atoms. The van der Waals surface area contributed by atoms with Gasteiger partial charge in [-0.2, -0.15) is 0 Å². The number of esters is 1. The first kappa shape index (κ1) is 22.1. The van der Waals surface area contributed by atoms with Crippen molar-refractivity contribution in [2.75, 3.05) is 19.8 Å². The van der Waals surface area contributed by atoms with Crippen LogP contribution in [0.5, 0.6) is 0 Å². The van der Waals surface area contributed by atoms with Gasteiger partial charge in [0.2, 0.25) is 11.8 Å². The summed E-state index contributed by atoms with van der Waals surface area (Å²) in [6.07, 6.45) is 0.738.